The summed E-state index contributed by atoms with van der Waals surface area (Å²) in [7, 11) is 0. The first-order valence-corrected chi connectivity index (χ1v) is 9.63. The van der Waals surface area contributed by atoms with Crippen LogP contribution in [-0.4, -0.2) is 24.9 Å². The van der Waals surface area contributed by atoms with Crippen molar-refractivity contribution in [2.24, 2.45) is 10.5 Å². The Morgan fingerprint density at radius 1 is 1.44 bits per heavy atom. The lowest BCUT2D eigenvalue weighted by Gasteiger charge is -2.34. The van der Waals surface area contributed by atoms with Gasteiger partial charge in [0, 0.05) is 21.9 Å². The van der Waals surface area contributed by atoms with Crippen LogP contribution in [0.25, 0.3) is 10.4 Å². The fraction of sp³-hybridized carbons (Fsp3) is 0.400. The van der Waals surface area contributed by atoms with Crippen molar-refractivity contribution in [3.63, 3.8) is 0 Å². The number of esters is 1. The number of carbonyl (C=O) groups is 2. The fourth-order valence-corrected chi connectivity index (χ4v) is 4.20. The van der Waals surface area contributed by atoms with Crippen molar-refractivity contribution >= 4 is 23.5 Å². The molecule has 1 aliphatic carbocycles. The molecule has 0 N–H and O–H groups in total. The van der Waals surface area contributed by atoms with E-state index in [2.05, 4.69) is 16.6 Å². The van der Waals surface area contributed by atoms with Crippen LogP contribution in [0.15, 0.2) is 63.5 Å². The monoisotopic (exact) mass is 385 g/mol. The van der Waals surface area contributed by atoms with E-state index < -0.39 is 11.4 Å². The number of Topliss-reactive ketones (excluding diaryl/α,β-unsaturated/α-hetero) is 1. The second-order valence-corrected chi connectivity index (χ2v) is 7.49. The zero-order valence-electron chi connectivity index (χ0n) is 15.4. The predicted molar refractivity (Wildman–Crippen MR) is 106 cm³/mol. The molecule has 27 heavy (non-hydrogen) atoms. The number of hydrogen-bond donors (Lipinski definition) is 0. The first-order chi connectivity index (χ1) is 13.0. The van der Waals surface area contributed by atoms with Gasteiger partial charge in [-0.15, -0.1) is 0 Å². The summed E-state index contributed by atoms with van der Waals surface area (Å²) in [6, 6.07) is 9.85. The van der Waals surface area contributed by atoms with E-state index in [0.29, 0.717) is 31.3 Å². The molecule has 1 aliphatic rings. The third-order valence-corrected chi connectivity index (χ3v) is 5.87. The highest BCUT2D eigenvalue weighted by atomic mass is 32.2. The van der Waals surface area contributed by atoms with Gasteiger partial charge in [0.2, 0.25) is 0 Å². The molecular weight excluding hydrogens is 362 g/mol. The molecular formula is C20H23N3O3S. The summed E-state index contributed by atoms with van der Waals surface area (Å²) in [6.07, 6.45) is 3.26. The van der Waals surface area contributed by atoms with E-state index in [1.807, 2.05) is 30.3 Å². The zero-order valence-corrected chi connectivity index (χ0v) is 16.2. The number of nitrogens with zero attached hydrogens (tertiary/aromatic N) is 3. The largest absolute Gasteiger partial charge is 0.461 e. The second-order valence-electron chi connectivity index (χ2n) is 6.32. The average Bonchev–Trinajstić information content (AvgIpc) is 2.69. The molecule has 1 aromatic carbocycles. The van der Waals surface area contributed by atoms with Crippen LogP contribution in [0.3, 0.4) is 0 Å². The Labute approximate surface area is 163 Å². The Morgan fingerprint density at radius 3 is 2.85 bits per heavy atom. The number of carbonyl (C=O) groups excluding carboxylic acids is 2. The molecule has 0 bridgehead atoms. The Balaban J connectivity index is 2.26. The summed E-state index contributed by atoms with van der Waals surface area (Å²) in [5, 5.41) is 3.51. The van der Waals surface area contributed by atoms with Crippen molar-refractivity contribution in [1.82, 2.24) is 0 Å². The highest BCUT2D eigenvalue weighted by molar-refractivity contribution is 8.03. The van der Waals surface area contributed by atoms with Gasteiger partial charge in [-0.05, 0) is 55.2 Å². The first-order valence-electron chi connectivity index (χ1n) is 8.81. The van der Waals surface area contributed by atoms with Gasteiger partial charge in [-0.25, -0.2) is 0 Å². The zero-order chi connectivity index (χ0) is 19.7. The summed E-state index contributed by atoms with van der Waals surface area (Å²) in [4.78, 5) is 30.7. The summed E-state index contributed by atoms with van der Waals surface area (Å²) < 4.78 is 5.25. The molecule has 1 atom stereocenters. The number of benzene rings is 1. The standard InChI is InChI=1S/C20H23N3O3S/c1-3-14-26-19(25)20(11-7-13-22-23-21)12-10-17(15(2)18(20)24)27-16-8-5-4-6-9-16/h3-6,8-9H,1,7,10-14H2,2H3. The van der Waals surface area contributed by atoms with E-state index in [9.17, 15) is 9.59 Å². The van der Waals surface area contributed by atoms with Gasteiger partial charge in [-0.3, -0.25) is 9.59 Å². The molecule has 0 heterocycles. The van der Waals surface area contributed by atoms with Crippen LogP contribution in [0.4, 0.5) is 0 Å². The van der Waals surface area contributed by atoms with Crippen molar-refractivity contribution in [3.8, 4) is 0 Å². The number of rotatable bonds is 9. The Morgan fingerprint density at radius 2 is 2.19 bits per heavy atom. The summed E-state index contributed by atoms with van der Waals surface area (Å²) in [5.74, 6) is -0.710. The number of allylic oxidation sites excluding steroid dienone is 2. The van der Waals surface area contributed by atoms with Crippen LogP contribution >= 0.6 is 11.8 Å². The number of thioether (sulfide) groups is 1. The minimum absolute atomic E-state index is 0.0681. The van der Waals surface area contributed by atoms with Crippen molar-refractivity contribution in [2.75, 3.05) is 13.2 Å². The minimum Gasteiger partial charge on any atom is -0.461 e. The van der Waals surface area contributed by atoms with Crippen molar-refractivity contribution in [1.29, 1.82) is 0 Å². The molecule has 2 rings (SSSR count). The van der Waals surface area contributed by atoms with Gasteiger partial charge in [0.1, 0.15) is 12.0 Å². The van der Waals surface area contributed by atoms with Gasteiger partial charge in [0.05, 0.1) is 0 Å². The lowest BCUT2D eigenvalue weighted by atomic mass is 9.70. The van der Waals surface area contributed by atoms with E-state index in [0.717, 1.165) is 9.80 Å². The lowest BCUT2D eigenvalue weighted by Crippen LogP contribution is -2.43. The van der Waals surface area contributed by atoms with Crippen LogP contribution in [0.1, 0.15) is 32.6 Å². The number of ether oxygens (including phenoxy) is 1. The molecule has 0 radical (unpaired) electrons. The lowest BCUT2D eigenvalue weighted by molar-refractivity contribution is -0.160. The highest BCUT2D eigenvalue weighted by Gasteiger charge is 2.49. The summed E-state index contributed by atoms with van der Waals surface area (Å²) in [5.41, 5.74) is 7.84. The van der Waals surface area contributed by atoms with Gasteiger partial charge in [-0.1, -0.05) is 47.7 Å². The van der Waals surface area contributed by atoms with Crippen molar-refractivity contribution in [2.45, 2.75) is 37.5 Å². The quantitative estimate of drug-likeness (QED) is 0.111. The summed E-state index contributed by atoms with van der Waals surface area (Å²) >= 11 is 1.56. The third kappa shape index (κ3) is 5.02. The van der Waals surface area contributed by atoms with Gasteiger partial charge in [-0.2, -0.15) is 0 Å². The van der Waals surface area contributed by atoms with Crippen LogP contribution in [0, 0.1) is 5.41 Å². The maximum absolute atomic E-state index is 13.2. The maximum atomic E-state index is 13.2. The molecule has 142 valence electrons. The molecule has 0 saturated heterocycles. The van der Waals surface area contributed by atoms with E-state index in [4.69, 9.17) is 10.3 Å². The normalized spacial score (nSPS) is 19.4. The molecule has 6 nitrogen and oxygen atoms in total. The molecule has 0 fully saturated rings. The van der Waals surface area contributed by atoms with Gasteiger partial charge in [0.15, 0.2) is 5.78 Å². The third-order valence-electron chi connectivity index (χ3n) is 4.60. The van der Waals surface area contributed by atoms with Gasteiger partial charge < -0.3 is 4.74 Å². The summed E-state index contributed by atoms with van der Waals surface area (Å²) in [6.45, 7) is 5.64. The Kier molecular flexibility index (Phi) is 7.70. The molecule has 0 spiro atoms. The van der Waals surface area contributed by atoms with Crippen LogP contribution in [0.2, 0.25) is 0 Å². The van der Waals surface area contributed by atoms with E-state index in [-0.39, 0.29) is 18.9 Å². The van der Waals surface area contributed by atoms with E-state index in [1.165, 1.54) is 6.08 Å². The molecule has 1 unspecified atom stereocenters. The maximum Gasteiger partial charge on any atom is 0.320 e. The smallest absolute Gasteiger partial charge is 0.320 e. The Hall–Kier alpha value is -2.50. The first kappa shape index (κ1) is 20.8. The topological polar surface area (TPSA) is 92.1 Å². The average molecular weight is 385 g/mol. The molecule has 0 saturated carbocycles. The van der Waals surface area contributed by atoms with Gasteiger partial charge in [0.25, 0.3) is 0 Å². The molecule has 0 aliphatic heterocycles. The molecule has 0 amide bonds. The van der Waals surface area contributed by atoms with Crippen LogP contribution in [-0.2, 0) is 14.3 Å². The number of ketones is 1. The SMILES string of the molecule is C=CCOC(=O)C1(CCCN=[N+]=[N-])CCC(Sc2ccccc2)=C(C)C1=O. The van der Waals surface area contributed by atoms with E-state index in [1.54, 1.807) is 18.7 Å². The van der Waals surface area contributed by atoms with E-state index >= 15 is 0 Å². The number of hydrogen-bond acceptors (Lipinski definition) is 5. The van der Waals surface area contributed by atoms with Crippen molar-refractivity contribution < 1.29 is 14.3 Å². The molecule has 1 aromatic rings. The fourth-order valence-electron chi connectivity index (χ4n) is 3.18. The van der Waals surface area contributed by atoms with Gasteiger partial charge >= 0.3 is 5.97 Å². The predicted octanol–water partition coefficient (Wildman–Crippen LogP) is 5.22. The van der Waals surface area contributed by atoms with Crippen molar-refractivity contribution in [3.05, 3.63) is 63.9 Å². The second kappa shape index (κ2) is 10.00. The Bertz CT molecular complexity index is 785. The van der Waals surface area contributed by atoms with Crippen LogP contribution < -0.4 is 0 Å². The molecule has 7 heteroatoms. The minimum atomic E-state index is -1.21. The van der Waals surface area contributed by atoms with Crippen LogP contribution in [0.5, 0.6) is 0 Å². The number of azide groups is 1. The molecule has 0 aromatic heterocycles. The highest BCUT2D eigenvalue weighted by Crippen LogP contribution is 2.45.